The van der Waals surface area contributed by atoms with E-state index in [1.807, 2.05) is 50.2 Å². The van der Waals surface area contributed by atoms with Crippen LogP contribution in [0.3, 0.4) is 0 Å². The maximum Gasteiger partial charge on any atom is 0.407 e. The molecular weight excluding hydrogens is 424 g/mol. The van der Waals surface area contributed by atoms with Crippen LogP contribution >= 0.6 is 0 Å². The fourth-order valence-electron chi connectivity index (χ4n) is 3.92. The van der Waals surface area contributed by atoms with Gasteiger partial charge >= 0.3 is 12.1 Å². The van der Waals surface area contributed by atoms with Gasteiger partial charge in [0.25, 0.3) is 0 Å². The van der Waals surface area contributed by atoms with Crippen LogP contribution in [0.5, 0.6) is 0 Å². The number of carboxylic acid groups (broad SMARTS) is 1. The van der Waals surface area contributed by atoms with Gasteiger partial charge in [0.1, 0.15) is 12.6 Å². The number of hydrogen-bond acceptors (Lipinski definition) is 5. The molecule has 0 bridgehead atoms. The number of amides is 2. The van der Waals surface area contributed by atoms with Gasteiger partial charge in [-0.15, -0.1) is 0 Å². The second-order valence-corrected chi connectivity index (χ2v) is 8.24. The molecule has 3 N–H and O–H groups in total. The average Bonchev–Trinajstić information content (AvgIpc) is 3.11. The van der Waals surface area contributed by atoms with E-state index in [0.29, 0.717) is 0 Å². The van der Waals surface area contributed by atoms with E-state index in [2.05, 4.69) is 22.8 Å². The number of rotatable bonds is 11. The predicted molar refractivity (Wildman–Crippen MR) is 123 cm³/mol. The zero-order chi connectivity index (χ0) is 23.8. The Bertz CT molecular complexity index is 945. The molecule has 0 heterocycles. The van der Waals surface area contributed by atoms with Crippen molar-refractivity contribution in [3.05, 3.63) is 59.7 Å². The summed E-state index contributed by atoms with van der Waals surface area (Å²) in [5.41, 5.74) is 4.53. The van der Waals surface area contributed by atoms with Crippen LogP contribution in [0, 0.1) is 5.92 Å². The summed E-state index contributed by atoms with van der Waals surface area (Å²) in [4.78, 5) is 35.5. The van der Waals surface area contributed by atoms with Crippen molar-refractivity contribution in [1.29, 1.82) is 0 Å². The SMILES string of the molecule is CC(C)[C@@H](NC(=O)OCC1c2ccccc2-c2ccccc21)C(=O)NCCOCCC(=O)O. The van der Waals surface area contributed by atoms with Crippen molar-refractivity contribution >= 4 is 18.0 Å². The summed E-state index contributed by atoms with van der Waals surface area (Å²) in [6, 6.07) is 15.4. The lowest BCUT2D eigenvalue weighted by Gasteiger charge is -2.22. The highest BCUT2D eigenvalue weighted by Gasteiger charge is 2.30. The number of fused-ring (bicyclic) bond motifs is 3. The molecule has 1 atom stereocenters. The van der Waals surface area contributed by atoms with E-state index in [1.54, 1.807) is 0 Å². The first kappa shape index (κ1) is 24.3. The molecule has 2 amide bonds. The van der Waals surface area contributed by atoms with Gasteiger partial charge in [-0.25, -0.2) is 4.79 Å². The van der Waals surface area contributed by atoms with E-state index in [4.69, 9.17) is 14.6 Å². The minimum Gasteiger partial charge on any atom is -0.481 e. The first-order valence-corrected chi connectivity index (χ1v) is 11.1. The molecule has 0 saturated heterocycles. The summed E-state index contributed by atoms with van der Waals surface area (Å²) in [5, 5.41) is 13.9. The molecule has 8 heteroatoms. The van der Waals surface area contributed by atoms with Crippen molar-refractivity contribution in [2.24, 2.45) is 5.92 Å². The molecule has 33 heavy (non-hydrogen) atoms. The van der Waals surface area contributed by atoms with Gasteiger partial charge in [0.05, 0.1) is 19.6 Å². The Morgan fingerprint density at radius 2 is 1.58 bits per heavy atom. The Kier molecular flexibility index (Phi) is 8.43. The molecule has 0 radical (unpaired) electrons. The fraction of sp³-hybridized carbons (Fsp3) is 0.400. The number of nitrogens with one attached hydrogen (secondary N) is 2. The zero-order valence-corrected chi connectivity index (χ0v) is 18.9. The predicted octanol–water partition coefficient (Wildman–Crippen LogP) is 3.16. The number of carbonyl (C=O) groups excluding carboxylic acids is 2. The van der Waals surface area contributed by atoms with Gasteiger partial charge in [0.2, 0.25) is 5.91 Å². The maximum atomic E-state index is 12.5. The Hall–Kier alpha value is -3.39. The third-order valence-corrected chi connectivity index (χ3v) is 5.57. The van der Waals surface area contributed by atoms with Gasteiger partial charge in [0.15, 0.2) is 0 Å². The molecule has 3 rings (SSSR count). The topological polar surface area (TPSA) is 114 Å². The van der Waals surface area contributed by atoms with Crippen LogP contribution in [0.1, 0.15) is 37.3 Å². The highest BCUT2D eigenvalue weighted by molar-refractivity contribution is 5.86. The van der Waals surface area contributed by atoms with Crippen LogP contribution < -0.4 is 10.6 Å². The minimum atomic E-state index is -0.939. The molecule has 1 aliphatic rings. The third-order valence-electron chi connectivity index (χ3n) is 5.57. The summed E-state index contributed by atoms with van der Waals surface area (Å²) in [7, 11) is 0. The number of alkyl carbamates (subject to hydrolysis) is 1. The van der Waals surface area contributed by atoms with Gasteiger partial charge in [-0.3, -0.25) is 9.59 Å². The molecule has 0 aromatic heterocycles. The second-order valence-electron chi connectivity index (χ2n) is 8.24. The molecule has 176 valence electrons. The quantitative estimate of drug-likeness (QED) is 0.450. The number of aliphatic carboxylic acids is 1. The first-order valence-electron chi connectivity index (χ1n) is 11.1. The van der Waals surface area contributed by atoms with Gasteiger partial charge in [-0.2, -0.15) is 0 Å². The van der Waals surface area contributed by atoms with Gasteiger partial charge in [-0.05, 0) is 28.2 Å². The minimum absolute atomic E-state index is 0.0579. The summed E-state index contributed by atoms with van der Waals surface area (Å²) >= 11 is 0. The van der Waals surface area contributed by atoms with Crippen molar-refractivity contribution in [1.82, 2.24) is 10.6 Å². The molecule has 2 aromatic rings. The Morgan fingerprint density at radius 1 is 0.970 bits per heavy atom. The van der Waals surface area contributed by atoms with E-state index in [0.717, 1.165) is 22.3 Å². The summed E-state index contributed by atoms with van der Waals surface area (Å²) in [6.45, 7) is 4.32. The lowest BCUT2D eigenvalue weighted by molar-refractivity contribution is -0.138. The largest absolute Gasteiger partial charge is 0.481 e. The molecule has 0 spiro atoms. The third kappa shape index (κ3) is 6.32. The zero-order valence-electron chi connectivity index (χ0n) is 18.9. The number of benzene rings is 2. The molecule has 0 saturated carbocycles. The molecule has 0 fully saturated rings. The monoisotopic (exact) mass is 454 g/mol. The van der Waals surface area contributed by atoms with Crippen molar-refractivity contribution in [3.63, 3.8) is 0 Å². The highest BCUT2D eigenvalue weighted by atomic mass is 16.5. The number of carboxylic acids is 1. The van der Waals surface area contributed by atoms with E-state index < -0.39 is 18.1 Å². The molecular formula is C25H30N2O6. The lowest BCUT2D eigenvalue weighted by atomic mass is 9.98. The molecule has 0 aliphatic heterocycles. The smallest absolute Gasteiger partial charge is 0.407 e. The van der Waals surface area contributed by atoms with Gasteiger partial charge in [0, 0.05) is 12.5 Å². The van der Waals surface area contributed by atoms with Crippen LogP contribution in [0.2, 0.25) is 0 Å². The lowest BCUT2D eigenvalue weighted by Crippen LogP contribution is -2.50. The van der Waals surface area contributed by atoms with Crippen molar-refractivity contribution in [2.75, 3.05) is 26.4 Å². The maximum absolute atomic E-state index is 12.5. The van der Waals surface area contributed by atoms with E-state index in [1.165, 1.54) is 0 Å². The van der Waals surface area contributed by atoms with Crippen LogP contribution in [0.15, 0.2) is 48.5 Å². The van der Waals surface area contributed by atoms with Crippen LogP contribution in [0.25, 0.3) is 11.1 Å². The molecule has 8 nitrogen and oxygen atoms in total. The first-order chi connectivity index (χ1) is 15.9. The Labute approximate surface area is 193 Å². The van der Waals surface area contributed by atoms with Crippen LogP contribution in [0.4, 0.5) is 4.79 Å². The van der Waals surface area contributed by atoms with E-state index in [-0.39, 0.29) is 50.5 Å². The van der Waals surface area contributed by atoms with Crippen molar-refractivity contribution < 1.29 is 29.0 Å². The molecule has 2 aromatic carbocycles. The number of carbonyl (C=O) groups is 3. The number of hydrogen-bond donors (Lipinski definition) is 3. The summed E-state index contributed by atoms with van der Waals surface area (Å²) in [6.07, 6.45) is -0.741. The summed E-state index contributed by atoms with van der Waals surface area (Å²) in [5.74, 6) is -1.50. The average molecular weight is 455 g/mol. The fourth-order valence-corrected chi connectivity index (χ4v) is 3.92. The normalized spacial score (nSPS) is 13.2. The van der Waals surface area contributed by atoms with Crippen molar-refractivity contribution in [2.45, 2.75) is 32.2 Å². The van der Waals surface area contributed by atoms with Crippen molar-refractivity contribution in [3.8, 4) is 11.1 Å². The number of ether oxygens (including phenoxy) is 2. The van der Waals surface area contributed by atoms with Crippen LogP contribution in [-0.2, 0) is 19.1 Å². The van der Waals surface area contributed by atoms with Gasteiger partial charge in [-0.1, -0.05) is 62.4 Å². The van der Waals surface area contributed by atoms with E-state index in [9.17, 15) is 14.4 Å². The van der Waals surface area contributed by atoms with Gasteiger partial charge < -0.3 is 25.2 Å². The molecule has 0 unspecified atom stereocenters. The second kappa shape index (κ2) is 11.5. The molecule has 1 aliphatic carbocycles. The highest BCUT2D eigenvalue weighted by Crippen LogP contribution is 2.44. The standard InChI is InChI=1S/C25H30N2O6/c1-16(2)23(24(30)26-12-14-32-13-11-22(28)29)27-25(31)33-15-21-19-9-5-3-7-17(19)18-8-4-6-10-20(18)21/h3-10,16,21,23H,11-15H2,1-2H3,(H,26,30)(H,27,31)(H,28,29)/t23-/m1/s1. The van der Waals surface area contributed by atoms with E-state index >= 15 is 0 Å². The Balaban J connectivity index is 1.51. The summed E-state index contributed by atoms with van der Waals surface area (Å²) < 4.78 is 10.7. The Morgan fingerprint density at radius 3 is 2.15 bits per heavy atom. The van der Waals surface area contributed by atoms with Crippen LogP contribution in [-0.4, -0.2) is 55.5 Å².